The minimum atomic E-state index is -2.28. The molecule has 3 rings (SSSR count). The van der Waals surface area contributed by atoms with E-state index in [0.29, 0.717) is 6.42 Å². The van der Waals surface area contributed by atoms with Crippen LogP contribution in [0.4, 0.5) is 17.1 Å². The van der Waals surface area contributed by atoms with Gasteiger partial charge in [0.2, 0.25) is 5.91 Å². The molecule has 0 bridgehead atoms. The highest BCUT2D eigenvalue weighted by atomic mass is 31.2. The normalized spacial score (nSPS) is 15.1. The Morgan fingerprint density at radius 1 is 1.23 bits per heavy atom. The number of allylic oxidation sites excluding steroid dienone is 1. The molecule has 1 heterocycles. The molecule has 1 aliphatic rings. The third-order valence-electron chi connectivity index (χ3n) is 5.00. The largest absolute Gasteiger partial charge is 0.364 e. The summed E-state index contributed by atoms with van der Waals surface area (Å²) in [5, 5.41) is 7.14. The number of nitrogens with zero attached hydrogens (tertiary/aromatic N) is 2. The average molecular weight is 424 g/mol. The van der Waals surface area contributed by atoms with Crippen molar-refractivity contribution < 1.29 is 9.36 Å². The van der Waals surface area contributed by atoms with E-state index in [0.717, 1.165) is 33.8 Å². The van der Waals surface area contributed by atoms with Crippen LogP contribution >= 0.6 is 7.14 Å². The molecule has 0 saturated carbocycles. The maximum atomic E-state index is 12.3. The second-order valence-electron chi connectivity index (χ2n) is 7.79. The smallest absolute Gasteiger partial charge is 0.228 e. The van der Waals surface area contributed by atoms with Crippen LogP contribution in [0.5, 0.6) is 0 Å². The van der Waals surface area contributed by atoms with Gasteiger partial charge in [0.05, 0.1) is 6.42 Å². The van der Waals surface area contributed by atoms with Gasteiger partial charge in [-0.05, 0) is 69.7 Å². The lowest BCUT2D eigenvalue weighted by molar-refractivity contribution is -0.115. The fraction of sp³-hybridized carbons (Fsp3) is 0.304. The van der Waals surface area contributed by atoms with Crippen molar-refractivity contribution in [1.29, 1.82) is 0 Å². The Balaban J connectivity index is 1.81. The van der Waals surface area contributed by atoms with Crippen LogP contribution in [0.2, 0.25) is 0 Å². The van der Waals surface area contributed by atoms with Crippen LogP contribution in [0, 0.1) is 0 Å². The Kier molecular flexibility index (Phi) is 6.47. The number of hydrogen-bond donors (Lipinski definition) is 2. The van der Waals surface area contributed by atoms with Crippen molar-refractivity contribution in [3.63, 3.8) is 0 Å². The first kappa shape index (κ1) is 21.8. The third-order valence-corrected chi connectivity index (χ3v) is 6.54. The summed E-state index contributed by atoms with van der Waals surface area (Å²) in [7, 11) is -0.320. The fourth-order valence-corrected chi connectivity index (χ4v) is 4.27. The highest BCUT2D eigenvalue weighted by Gasteiger charge is 2.21. The summed E-state index contributed by atoms with van der Waals surface area (Å²) in [4.78, 5) is 18.6. The molecule has 0 spiro atoms. The highest BCUT2D eigenvalue weighted by Crippen LogP contribution is 2.35. The van der Waals surface area contributed by atoms with Gasteiger partial charge in [-0.1, -0.05) is 12.1 Å². The maximum Gasteiger partial charge on any atom is 0.228 e. The minimum absolute atomic E-state index is 0.0110. The Morgan fingerprint density at radius 3 is 2.57 bits per heavy atom. The van der Waals surface area contributed by atoms with Gasteiger partial charge in [0.15, 0.2) is 0 Å². The summed E-state index contributed by atoms with van der Waals surface area (Å²) >= 11 is 0. The molecular weight excluding hydrogens is 395 g/mol. The van der Waals surface area contributed by atoms with E-state index in [2.05, 4.69) is 10.6 Å². The van der Waals surface area contributed by atoms with E-state index in [4.69, 9.17) is 4.99 Å². The van der Waals surface area contributed by atoms with E-state index < -0.39 is 7.14 Å². The lowest BCUT2D eigenvalue weighted by Crippen LogP contribution is -2.28. The minimum Gasteiger partial charge on any atom is -0.364 e. The molecule has 6 nitrogen and oxygen atoms in total. The summed E-state index contributed by atoms with van der Waals surface area (Å²) in [5.74, 6) is 0.806. The van der Waals surface area contributed by atoms with Crippen molar-refractivity contribution >= 4 is 41.3 Å². The predicted octanol–water partition coefficient (Wildman–Crippen LogP) is 4.30. The second-order valence-corrected chi connectivity index (χ2v) is 11.0. The van der Waals surface area contributed by atoms with Crippen molar-refractivity contribution in [2.24, 2.45) is 4.99 Å². The van der Waals surface area contributed by atoms with E-state index in [9.17, 15) is 9.36 Å². The molecule has 2 N–H and O–H groups in total. The lowest BCUT2D eigenvalue weighted by atomic mass is 10.1. The van der Waals surface area contributed by atoms with E-state index >= 15 is 0 Å². The molecule has 0 fully saturated rings. The monoisotopic (exact) mass is 424 g/mol. The molecule has 158 valence electrons. The Morgan fingerprint density at radius 2 is 1.93 bits per heavy atom. The zero-order valence-electron chi connectivity index (χ0n) is 18.1. The SMILES string of the molecule is C/C=C\C(=N/C(C)Nc1cccc2c1CC(=O)N2)N(C)c1ccc(P(C)(C)=O)cc1. The molecule has 1 unspecified atom stereocenters. The van der Waals surface area contributed by atoms with E-state index in [1.165, 1.54) is 0 Å². The van der Waals surface area contributed by atoms with Gasteiger partial charge in [-0.15, -0.1) is 0 Å². The maximum absolute atomic E-state index is 12.3. The van der Waals surface area contributed by atoms with E-state index in [1.54, 1.807) is 13.3 Å². The molecule has 2 aromatic carbocycles. The van der Waals surface area contributed by atoms with Crippen LogP contribution in [0.3, 0.4) is 0 Å². The number of rotatable bonds is 6. The molecule has 2 aromatic rings. The van der Waals surface area contributed by atoms with Gasteiger partial charge in [-0.25, -0.2) is 4.99 Å². The number of likely N-dealkylation sites (N-methyl/N-ethyl adjacent to an activating group) is 1. The number of amidine groups is 1. The number of amides is 1. The average Bonchev–Trinajstić information content (AvgIpc) is 3.08. The number of nitrogens with one attached hydrogen (secondary N) is 2. The Hall–Kier alpha value is -2.85. The molecule has 0 aliphatic carbocycles. The summed E-state index contributed by atoms with van der Waals surface area (Å²) in [6, 6.07) is 13.6. The zero-order chi connectivity index (χ0) is 21.9. The zero-order valence-corrected chi connectivity index (χ0v) is 19.0. The summed E-state index contributed by atoms with van der Waals surface area (Å²) in [5.41, 5.74) is 3.71. The van der Waals surface area contributed by atoms with Crippen LogP contribution in [-0.4, -0.2) is 38.3 Å². The molecule has 30 heavy (non-hydrogen) atoms. The van der Waals surface area contributed by atoms with Gasteiger partial charge < -0.3 is 20.1 Å². The molecule has 0 radical (unpaired) electrons. The van der Waals surface area contributed by atoms with Gasteiger partial charge in [-0.3, -0.25) is 4.79 Å². The van der Waals surface area contributed by atoms with Crippen LogP contribution in [-0.2, 0) is 15.8 Å². The Bertz CT molecular complexity index is 1040. The van der Waals surface area contributed by atoms with Gasteiger partial charge in [0.1, 0.15) is 19.1 Å². The topological polar surface area (TPSA) is 73.8 Å². The number of carbonyl (C=O) groups is 1. The molecule has 1 aliphatic heterocycles. The number of carbonyl (C=O) groups excluding carboxylic acids is 1. The van der Waals surface area contributed by atoms with Crippen molar-refractivity contribution in [2.75, 3.05) is 35.9 Å². The van der Waals surface area contributed by atoms with Crippen molar-refractivity contribution in [2.45, 2.75) is 26.4 Å². The lowest BCUT2D eigenvalue weighted by Gasteiger charge is -2.22. The number of aliphatic imine (C=N–C) groups is 1. The molecule has 1 amide bonds. The molecule has 7 heteroatoms. The molecule has 0 aromatic heterocycles. The van der Waals surface area contributed by atoms with E-state index in [1.807, 2.05) is 80.4 Å². The first-order valence-corrected chi connectivity index (χ1v) is 12.6. The van der Waals surface area contributed by atoms with Crippen LogP contribution < -0.4 is 20.8 Å². The predicted molar refractivity (Wildman–Crippen MR) is 128 cm³/mol. The van der Waals surface area contributed by atoms with Gasteiger partial charge in [0, 0.05) is 35.0 Å². The van der Waals surface area contributed by atoms with Crippen molar-refractivity contribution in [3.05, 3.63) is 60.2 Å². The second kappa shape index (κ2) is 8.88. The quantitative estimate of drug-likeness (QED) is 0.412. The van der Waals surface area contributed by atoms with Crippen LogP contribution in [0.25, 0.3) is 0 Å². The van der Waals surface area contributed by atoms with Crippen molar-refractivity contribution in [1.82, 2.24) is 0 Å². The highest BCUT2D eigenvalue weighted by molar-refractivity contribution is 7.70. The number of fused-ring (bicyclic) bond motifs is 1. The molecule has 1 atom stereocenters. The number of hydrogen-bond acceptors (Lipinski definition) is 4. The summed E-state index contributed by atoms with van der Waals surface area (Å²) < 4.78 is 12.3. The first-order valence-electron chi connectivity index (χ1n) is 9.97. The van der Waals surface area contributed by atoms with Crippen LogP contribution in [0.1, 0.15) is 19.4 Å². The van der Waals surface area contributed by atoms with E-state index in [-0.39, 0.29) is 12.1 Å². The number of anilines is 3. The molecule has 0 saturated heterocycles. The molecular formula is C23H29N4O2P. The first-order chi connectivity index (χ1) is 14.2. The Labute approximate surface area is 178 Å². The van der Waals surface area contributed by atoms with Crippen LogP contribution in [0.15, 0.2) is 59.6 Å². The standard InChI is InChI=1S/C23H29N4O2P/c1-6-8-22(27(3)17-11-13-18(14-12-17)30(4,5)29)25-16(2)24-20-9-7-10-21-19(20)15-23(28)26-21/h6-14,16,24H,15H2,1-5H3,(H,26,28)/b8-6-,25-22+. The van der Waals surface area contributed by atoms with Gasteiger partial charge in [-0.2, -0.15) is 0 Å². The number of benzene rings is 2. The van der Waals surface area contributed by atoms with Crippen molar-refractivity contribution in [3.8, 4) is 0 Å². The van der Waals surface area contributed by atoms with Gasteiger partial charge in [0.25, 0.3) is 0 Å². The summed E-state index contributed by atoms with van der Waals surface area (Å²) in [6.45, 7) is 7.48. The summed E-state index contributed by atoms with van der Waals surface area (Å²) in [6.07, 6.45) is 4.08. The fourth-order valence-electron chi connectivity index (χ4n) is 3.40. The van der Waals surface area contributed by atoms with Gasteiger partial charge >= 0.3 is 0 Å². The third kappa shape index (κ3) is 5.00.